The van der Waals surface area contributed by atoms with E-state index >= 15 is 0 Å². The van der Waals surface area contributed by atoms with Crippen molar-refractivity contribution in [2.75, 3.05) is 26.6 Å². The summed E-state index contributed by atoms with van der Waals surface area (Å²) in [6.07, 6.45) is 1.73. The first-order chi connectivity index (χ1) is 64.9. The molecular weight excluding hydrogens is 1800 g/mol. The van der Waals surface area contributed by atoms with Gasteiger partial charge in [-0.05, 0) is 265 Å². The molecule has 5 heterocycles. The number of alkyl halides is 3. The summed E-state index contributed by atoms with van der Waals surface area (Å²) in [4.78, 5) is 96.1. The zero-order chi connectivity index (χ0) is 102. The molecule has 16 rings (SSSR count). The van der Waals surface area contributed by atoms with E-state index < -0.39 is 34.8 Å². The van der Waals surface area contributed by atoms with Crippen LogP contribution in [0.3, 0.4) is 0 Å². The Bertz CT molecular complexity index is 7110. The number of amides is 5. The lowest BCUT2D eigenvalue weighted by molar-refractivity contribution is -0.274. The van der Waals surface area contributed by atoms with E-state index in [1.807, 2.05) is 190 Å². The maximum absolute atomic E-state index is 13.8. The summed E-state index contributed by atoms with van der Waals surface area (Å²) in [5.41, 5.74) is 10.2. The Hall–Kier alpha value is -14.2. The van der Waals surface area contributed by atoms with Gasteiger partial charge < -0.3 is 33.8 Å². The molecule has 0 bridgehead atoms. The van der Waals surface area contributed by atoms with Gasteiger partial charge in [-0.15, -0.1) is 13.2 Å². The van der Waals surface area contributed by atoms with Crippen LogP contribution in [0, 0.1) is 69.9 Å². The number of carbonyl (C=O) groups excluding carboxylic acids is 5. The van der Waals surface area contributed by atoms with E-state index in [1.54, 1.807) is 79.3 Å². The van der Waals surface area contributed by atoms with Crippen LogP contribution in [0.15, 0.2) is 176 Å². The molecule has 0 aliphatic heterocycles. The number of aryl methyl sites for hydroxylation is 4. The molecule has 2 saturated carbocycles. The highest BCUT2D eigenvalue weighted by Gasteiger charge is 2.41. The summed E-state index contributed by atoms with van der Waals surface area (Å²) in [6, 6.07) is 48.8. The van der Waals surface area contributed by atoms with Gasteiger partial charge in [0.15, 0.2) is 17.1 Å². The van der Waals surface area contributed by atoms with Crippen molar-refractivity contribution in [2.45, 2.75) is 242 Å². The van der Waals surface area contributed by atoms with Gasteiger partial charge in [0.25, 0.3) is 0 Å². The third kappa shape index (κ3) is 25.8. The largest absolute Gasteiger partial charge is 0.573 e. The maximum Gasteiger partial charge on any atom is 0.573 e. The summed E-state index contributed by atoms with van der Waals surface area (Å²) >= 11 is 6.21. The molecule has 2 aliphatic rings. The van der Waals surface area contributed by atoms with Crippen molar-refractivity contribution < 1.29 is 66.0 Å². The fraction of sp³-hybridized carbons (Fsp3) is 0.368. The van der Waals surface area contributed by atoms with Gasteiger partial charge >= 0.3 is 6.36 Å². The third-order valence-corrected chi connectivity index (χ3v) is 24.0. The highest BCUT2D eigenvalue weighted by Crippen LogP contribution is 2.47. The Balaban J connectivity index is 0.000000156. The first kappa shape index (κ1) is 104. The molecule has 726 valence electrons. The lowest BCUT2D eigenvalue weighted by Crippen LogP contribution is -2.38. The SMILES string of the molecule is Cc1ccc2nc(NC(=O)CC(C)(C)C)n(-c3cc(F)cc(F)c3)c2c1.Cc1ccc2nc(NC(=O)CC(C)(C)C)n(-c3ccc(OC(F)(F)F)cc3)c2c1.[C-]#[N+]c1cc2c(cc1C)nc(NC(=O)CC(C)(C)O)n2C(C)(C)C.[C-]#[N+]c1ccc2nc(NC(=O)C[C@](C)(O)c3ccc(C)cc3)n(C3(C)CCC3)c2c1.[C-]#[N+]c1ccc2nc(NC(=O)C[C@](C)(O)c3ccccc3Cl)n(C3(C)CCC3)c2c1. The van der Waals surface area contributed by atoms with Gasteiger partial charge in [-0.25, -0.2) is 48.2 Å². The number of rotatable bonds is 20. The number of aromatic nitrogens is 10. The molecule has 2 aliphatic carbocycles. The maximum atomic E-state index is 13.8. The summed E-state index contributed by atoms with van der Waals surface area (Å²) in [7, 11) is 0. The number of nitrogens with zero attached hydrogens (tertiary/aromatic N) is 13. The van der Waals surface area contributed by atoms with Gasteiger partial charge in [-0.1, -0.05) is 125 Å². The number of nitrogens with one attached hydrogen (secondary N) is 5. The predicted octanol–water partition coefficient (Wildman–Crippen LogP) is 24.8. The Labute approximate surface area is 809 Å². The normalized spacial score (nSPS) is 14.2. The molecule has 5 aromatic heterocycles. The third-order valence-electron chi connectivity index (χ3n) is 23.7. The minimum Gasteiger partial charge on any atom is -0.406 e. The average Bonchev–Trinajstić information content (AvgIpc) is 1.62. The van der Waals surface area contributed by atoms with E-state index in [-0.39, 0.29) is 93.6 Å². The summed E-state index contributed by atoms with van der Waals surface area (Å²) in [5, 5.41) is 46.3. The molecule has 2 atom stereocenters. The number of carbonyl (C=O) groups is 5. The van der Waals surface area contributed by atoms with Crippen molar-refractivity contribution in [2.24, 2.45) is 10.8 Å². The Morgan fingerprint density at radius 3 is 1.26 bits per heavy atom. The monoisotopic (exact) mass is 1910 g/mol. The minimum absolute atomic E-state index is 0.0212. The second kappa shape index (κ2) is 40.8. The van der Waals surface area contributed by atoms with E-state index in [9.17, 15) is 61.2 Å². The lowest BCUT2D eigenvalue weighted by atomic mass is 9.78. The first-order valence-electron chi connectivity index (χ1n) is 45.4. The molecule has 2 fully saturated rings. The molecule has 33 heteroatoms. The number of hydrogen-bond acceptors (Lipinski definition) is 14. The average molecular weight is 1920 g/mol. The molecule has 0 radical (unpaired) electrons. The number of imidazole rings is 5. The van der Waals surface area contributed by atoms with Crippen molar-refractivity contribution in [3.63, 3.8) is 0 Å². The van der Waals surface area contributed by atoms with Gasteiger partial charge in [0.1, 0.15) is 17.4 Å². The van der Waals surface area contributed by atoms with Crippen molar-refractivity contribution >= 4 is 143 Å². The summed E-state index contributed by atoms with van der Waals surface area (Å²) in [5.74, 6) is -1.18. The highest BCUT2D eigenvalue weighted by molar-refractivity contribution is 6.31. The van der Waals surface area contributed by atoms with Crippen molar-refractivity contribution in [3.05, 3.63) is 260 Å². The van der Waals surface area contributed by atoms with Gasteiger partial charge in [-0.2, -0.15) is 0 Å². The molecule has 139 heavy (non-hydrogen) atoms. The molecule has 5 amide bonds. The molecule has 0 unspecified atom stereocenters. The van der Waals surface area contributed by atoms with E-state index in [1.165, 1.54) is 36.4 Å². The van der Waals surface area contributed by atoms with Gasteiger partial charge in [0, 0.05) is 51.8 Å². The van der Waals surface area contributed by atoms with Crippen LogP contribution in [0.4, 0.5) is 68.8 Å². The standard InChI is InChI=1S/C24H26N4O2.C23H23ClN4O2.C21H22F3N3O2.C20H21F2N3O.C18H24N4O2/c1-16-6-8-17(9-7-16)24(3,30)15-21(29)27-22-26-19-11-10-18(25-4)14-20(19)28(22)23(2)12-5-13-23;1-22(11-6-12-22)28-19-13-15(25-3)9-10-18(19)26-21(28)27-20(29)14-23(2,30)16-7-4-5-8-17(16)24;1-13-5-10-16-17(11-13)27(19(25-16)26-18(28)12-20(2,3)4)14-6-8-15(9-7-14)29-21(22,23)24;1-12-5-6-16-17(7-12)25(15-9-13(21)8-14(22)10-15)19(23-16)24-18(26)11-20(2,3)4;1-11-8-13-14(9-12(11)19-7)22(17(2,3)4)16(20-13)21-15(23)10-18(5,6)24/h6-11,14,30H,5,12-13,15H2,1-3H3,(H,26,27,29);4-5,7-10,13,30H,6,11-12,14H2,1-2H3,(H,26,27,29);5-11H,12H2,1-4H3,(H,25,26,28);5-10H,11H2,1-4H3,(H,23,24,26);8-9,24H,10H2,1-6H3,(H,20,21,23)/t24-;23-;;;/m00.../s1. The van der Waals surface area contributed by atoms with Crippen LogP contribution in [0.2, 0.25) is 5.02 Å². The number of ether oxygens (including phenoxy) is 1. The van der Waals surface area contributed by atoms with Crippen LogP contribution in [0.1, 0.15) is 208 Å². The second-order valence-electron chi connectivity index (χ2n) is 40.6. The van der Waals surface area contributed by atoms with E-state index in [0.29, 0.717) is 92.1 Å². The predicted molar refractivity (Wildman–Crippen MR) is 534 cm³/mol. The zero-order valence-electron chi connectivity index (χ0n) is 81.4. The topological polar surface area (TPSA) is 318 Å². The van der Waals surface area contributed by atoms with E-state index in [0.717, 1.165) is 105 Å². The molecule has 0 spiro atoms. The smallest absolute Gasteiger partial charge is 0.406 e. The second-order valence-corrected chi connectivity index (χ2v) is 41.0. The number of fused-ring (bicyclic) bond motifs is 5. The number of anilines is 5. The summed E-state index contributed by atoms with van der Waals surface area (Å²) < 4.78 is 78.0. The van der Waals surface area contributed by atoms with Crippen molar-refractivity contribution in [3.8, 4) is 17.1 Å². The fourth-order valence-corrected chi connectivity index (χ4v) is 17.2. The summed E-state index contributed by atoms with van der Waals surface area (Å²) in [6.45, 7) is 58.1. The van der Waals surface area contributed by atoms with Gasteiger partial charge in [0.05, 0.1) is 117 Å². The molecule has 27 nitrogen and oxygen atoms in total. The Morgan fingerprint density at radius 1 is 0.432 bits per heavy atom. The molecular formula is C106H116ClF5N18O9. The first-order valence-corrected chi connectivity index (χ1v) is 45.8. The van der Waals surface area contributed by atoms with Crippen LogP contribution in [-0.2, 0) is 51.8 Å². The number of halogens is 6. The number of benzene rings is 9. The van der Waals surface area contributed by atoms with Crippen LogP contribution < -0.4 is 31.3 Å². The molecule has 9 aromatic carbocycles. The quantitative estimate of drug-likeness (QED) is 0.0260. The van der Waals surface area contributed by atoms with Crippen LogP contribution in [0.5, 0.6) is 5.75 Å². The van der Waals surface area contributed by atoms with E-state index in [4.69, 9.17) is 31.3 Å². The van der Waals surface area contributed by atoms with Crippen molar-refractivity contribution in [1.29, 1.82) is 0 Å². The Kier molecular flexibility index (Phi) is 30.5. The Morgan fingerprint density at radius 2 is 0.835 bits per heavy atom. The fourth-order valence-electron chi connectivity index (χ4n) is 16.8. The van der Waals surface area contributed by atoms with Crippen LogP contribution >= 0.6 is 11.6 Å². The van der Waals surface area contributed by atoms with Crippen LogP contribution in [0.25, 0.3) is 81.1 Å². The number of aliphatic hydroxyl groups is 3. The van der Waals surface area contributed by atoms with Crippen molar-refractivity contribution in [1.82, 2.24) is 47.8 Å². The zero-order valence-corrected chi connectivity index (χ0v) is 82.1. The van der Waals surface area contributed by atoms with Crippen LogP contribution in [-0.4, -0.2) is 105 Å². The molecule has 0 saturated heterocycles. The lowest BCUT2D eigenvalue weighted by Gasteiger charge is -2.41. The minimum atomic E-state index is -4.76. The highest BCUT2D eigenvalue weighted by atomic mass is 35.5. The van der Waals surface area contributed by atoms with Gasteiger partial charge in [-0.3, -0.25) is 59.7 Å². The molecule has 14 aromatic rings. The number of hydrogen-bond donors (Lipinski definition) is 8. The van der Waals surface area contributed by atoms with Gasteiger partial charge in [0.2, 0.25) is 59.3 Å². The molecule has 8 N–H and O–H groups in total. The van der Waals surface area contributed by atoms with E-state index in [2.05, 4.69) is 89.2 Å².